The number of allylic oxidation sites excluding steroid dienone is 2. The molecule has 1 saturated heterocycles. The first-order chi connectivity index (χ1) is 14.1. The molecule has 162 valence electrons. The van der Waals surface area contributed by atoms with E-state index in [2.05, 4.69) is 22.4 Å². The fraction of sp³-hybridized carbons (Fsp3) is 0.840. The van der Waals surface area contributed by atoms with Crippen molar-refractivity contribution in [3.63, 3.8) is 0 Å². The first-order valence-electron chi connectivity index (χ1n) is 12.4. The maximum Gasteiger partial charge on any atom is 0.225 e. The Balaban J connectivity index is 1.21. The third kappa shape index (κ3) is 5.44. The van der Waals surface area contributed by atoms with Gasteiger partial charge in [-0.05, 0) is 82.0 Å². The van der Waals surface area contributed by atoms with Crippen LogP contribution >= 0.6 is 0 Å². The Kier molecular flexibility index (Phi) is 6.97. The molecule has 4 nitrogen and oxygen atoms in total. The second-order valence-corrected chi connectivity index (χ2v) is 10.4. The van der Waals surface area contributed by atoms with Gasteiger partial charge >= 0.3 is 0 Å². The fourth-order valence-corrected chi connectivity index (χ4v) is 6.39. The highest BCUT2D eigenvalue weighted by atomic mass is 16.2. The maximum absolute atomic E-state index is 13.2. The molecule has 29 heavy (non-hydrogen) atoms. The van der Waals surface area contributed by atoms with Gasteiger partial charge in [-0.2, -0.15) is 0 Å². The number of hydrogen-bond donors (Lipinski definition) is 1. The molecule has 4 heteroatoms. The number of carbonyl (C=O) groups excluding carboxylic acids is 2. The van der Waals surface area contributed by atoms with E-state index in [1.165, 1.54) is 51.4 Å². The third-order valence-corrected chi connectivity index (χ3v) is 8.17. The molecule has 4 aliphatic rings. The van der Waals surface area contributed by atoms with E-state index in [0.29, 0.717) is 23.7 Å². The molecule has 0 unspecified atom stereocenters. The molecule has 1 heterocycles. The van der Waals surface area contributed by atoms with Crippen molar-refractivity contribution < 1.29 is 9.59 Å². The lowest BCUT2D eigenvalue weighted by Gasteiger charge is -2.45. The lowest BCUT2D eigenvalue weighted by molar-refractivity contribution is -0.140. The van der Waals surface area contributed by atoms with Gasteiger partial charge in [0.15, 0.2) is 0 Å². The highest BCUT2D eigenvalue weighted by Crippen LogP contribution is 2.41. The zero-order valence-electron chi connectivity index (χ0n) is 18.2. The highest BCUT2D eigenvalue weighted by Gasteiger charge is 2.39. The molecule has 0 aromatic carbocycles. The smallest absolute Gasteiger partial charge is 0.225 e. The average Bonchev–Trinajstić information content (AvgIpc) is 2.75. The first-order valence-corrected chi connectivity index (χ1v) is 12.4. The molecular weight excluding hydrogens is 360 g/mol. The Morgan fingerprint density at radius 3 is 2.45 bits per heavy atom. The topological polar surface area (TPSA) is 49.4 Å². The average molecular weight is 401 g/mol. The zero-order chi connectivity index (χ0) is 20.1. The van der Waals surface area contributed by atoms with Gasteiger partial charge in [0, 0.05) is 31.5 Å². The summed E-state index contributed by atoms with van der Waals surface area (Å²) in [6, 6.07) is 0.284. The minimum Gasteiger partial charge on any atom is -0.353 e. The summed E-state index contributed by atoms with van der Waals surface area (Å²) in [5.74, 6) is 1.42. The number of likely N-dealkylation sites (tertiary alicyclic amines) is 1. The standard InChI is InChI=1S/C25H40N2O2/c28-23(18-20-8-3-1-4-9-20)26-22-12-10-21(11-13-22)24(29)27-17-7-16-25(19-27)14-5-2-6-15-25/h2,5,20-22H,1,3-4,6-19H2,(H,26,28)/t21?,22?,25-/m0/s1. The lowest BCUT2D eigenvalue weighted by Crippen LogP contribution is -2.49. The minimum absolute atomic E-state index is 0.177. The van der Waals surface area contributed by atoms with E-state index in [9.17, 15) is 9.59 Å². The summed E-state index contributed by atoms with van der Waals surface area (Å²) in [6.07, 6.45) is 21.5. The predicted molar refractivity (Wildman–Crippen MR) is 116 cm³/mol. The van der Waals surface area contributed by atoms with Crippen LogP contribution in [-0.4, -0.2) is 35.8 Å². The predicted octanol–water partition coefficient (Wildman–Crippen LogP) is 4.98. The molecule has 1 aliphatic heterocycles. The largest absolute Gasteiger partial charge is 0.353 e. The molecule has 1 N–H and O–H groups in total. The van der Waals surface area contributed by atoms with E-state index in [-0.39, 0.29) is 17.9 Å². The summed E-state index contributed by atoms with van der Waals surface area (Å²) in [5.41, 5.74) is 0.354. The zero-order valence-corrected chi connectivity index (χ0v) is 18.2. The van der Waals surface area contributed by atoms with Crippen molar-refractivity contribution in [3.8, 4) is 0 Å². The van der Waals surface area contributed by atoms with Gasteiger partial charge in [0.05, 0.1) is 0 Å². The SMILES string of the molecule is O=C(CC1CCCCC1)NC1CCC(C(=O)N2CCC[C@@]3(CC=CCC3)C2)CC1. The van der Waals surface area contributed by atoms with Gasteiger partial charge in [0.25, 0.3) is 0 Å². The number of amides is 2. The van der Waals surface area contributed by atoms with Crippen molar-refractivity contribution in [2.45, 2.75) is 102 Å². The second kappa shape index (κ2) is 9.66. The maximum atomic E-state index is 13.2. The molecule has 3 aliphatic carbocycles. The van der Waals surface area contributed by atoms with Crippen molar-refractivity contribution in [2.24, 2.45) is 17.3 Å². The Morgan fingerprint density at radius 1 is 0.931 bits per heavy atom. The van der Waals surface area contributed by atoms with Gasteiger partial charge in [-0.15, -0.1) is 0 Å². The normalized spacial score (nSPS) is 33.6. The van der Waals surface area contributed by atoms with Gasteiger partial charge in [-0.25, -0.2) is 0 Å². The van der Waals surface area contributed by atoms with E-state index < -0.39 is 0 Å². The van der Waals surface area contributed by atoms with Crippen LogP contribution in [0.15, 0.2) is 12.2 Å². The fourth-order valence-electron chi connectivity index (χ4n) is 6.39. The second-order valence-electron chi connectivity index (χ2n) is 10.4. The Morgan fingerprint density at radius 2 is 1.72 bits per heavy atom. The molecule has 1 atom stereocenters. The summed E-state index contributed by atoms with van der Waals surface area (Å²) in [6.45, 7) is 1.91. The molecule has 4 rings (SSSR count). The van der Waals surface area contributed by atoms with E-state index in [1.807, 2.05) is 0 Å². The van der Waals surface area contributed by atoms with Crippen LogP contribution in [0.4, 0.5) is 0 Å². The lowest BCUT2D eigenvalue weighted by atomic mass is 9.71. The van der Waals surface area contributed by atoms with Crippen LogP contribution in [0.5, 0.6) is 0 Å². The summed E-state index contributed by atoms with van der Waals surface area (Å²) >= 11 is 0. The number of hydrogen-bond acceptors (Lipinski definition) is 2. The number of piperidine rings is 1. The van der Waals surface area contributed by atoms with Gasteiger partial charge in [0.2, 0.25) is 11.8 Å². The number of carbonyl (C=O) groups is 2. The molecule has 0 radical (unpaired) electrons. The van der Waals surface area contributed by atoms with Crippen LogP contribution in [-0.2, 0) is 9.59 Å². The first kappa shape index (κ1) is 20.9. The Labute approximate surface area is 176 Å². The van der Waals surface area contributed by atoms with E-state index in [4.69, 9.17) is 0 Å². The summed E-state index contributed by atoms with van der Waals surface area (Å²) < 4.78 is 0. The molecular formula is C25H40N2O2. The van der Waals surface area contributed by atoms with Crippen LogP contribution < -0.4 is 5.32 Å². The van der Waals surface area contributed by atoms with Crippen LogP contribution in [0.2, 0.25) is 0 Å². The molecule has 0 aromatic rings. The van der Waals surface area contributed by atoms with Crippen molar-refractivity contribution in [1.82, 2.24) is 10.2 Å². The molecule has 0 bridgehead atoms. The van der Waals surface area contributed by atoms with Crippen LogP contribution in [0, 0.1) is 17.3 Å². The number of rotatable bonds is 4. The van der Waals surface area contributed by atoms with Gasteiger partial charge in [0.1, 0.15) is 0 Å². The van der Waals surface area contributed by atoms with Crippen LogP contribution in [0.3, 0.4) is 0 Å². The van der Waals surface area contributed by atoms with E-state index >= 15 is 0 Å². The Hall–Kier alpha value is -1.32. The quantitative estimate of drug-likeness (QED) is 0.677. The highest BCUT2D eigenvalue weighted by molar-refractivity contribution is 5.79. The van der Waals surface area contributed by atoms with Crippen LogP contribution in [0.1, 0.15) is 96.3 Å². The van der Waals surface area contributed by atoms with Crippen molar-refractivity contribution >= 4 is 11.8 Å². The summed E-state index contributed by atoms with van der Waals surface area (Å²) in [4.78, 5) is 27.8. The summed E-state index contributed by atoms with van der Waals surface area (Å²) in [7, 11) is 0. The molecule has 0 aromatic heterocycles. The molecule has 2 amide bonds. The number of nitrogens with zero attached hydrogens (tertiary/aromatic N) is 1. The molecule has 3 fully saturated rings. The van der Waals surface area contributed by atoms with Crippen molar-refractivity contribution in [2.75, 3.05) is 13.1 Å². The van der Waals surface area contributed by atoms with Gasteiger partial charge in [-0.3, -0.25) is 9.59 Å². The summed E-state index contributed by atoms with van der Waals surface area (Å²) in [5, 5.41) is 3.28. The van der Waals surface area contributed by atoms with Gasteiger partial charge in [-0.1, -0.05) is 31.4 Å². The van der Waals surface area contributed by atoms with Crippen LogP contribution in [0.25, 0.3) is 0 Å². The Bertz CT molecular complexity index is 602. The third-order valence-electron chi connectivity index (χ3n) is 8.17. The molecule has 2 saturated carbocycles. The number of nitrogens with one attached hydrogen (secondary N) is 1. The molecule has 1 spiro atoms. The minimum atomic E-state index is 0.177. The van der Waals surface area contributed by atoms with E-state index in [1.54, 1.807) is 0 Å². The van der Waals surface area contributed by atoms with Crippen molar-refractivity contribution in [1.29, 1.82) is 0 Å². The monoisotopic (exact) mass is 400 g/mol. The van der Waals surface area contributed by atoms with Crippen molar-refractivity contribution in [3.05, 3.63) is 12.2 Å². The van der Waals surface area contributed by atoms with Gasteiger partial charge < -0.3 is 10.2 Å². The van der Waals surface area contributed by atoms with E-state index in [0.717, 1.165) is 51.6 Å².